The fourth-order valence-electron chi connectivity index (χ4n) is 2.18. The second-order valence-electron chi connectivity index (χ2n) is 5.77. The lowest BCUT2D eigenvalue weighted by Crippen LogP contribution is -2.30. The minimum atomic E-state index is -4.01. The average molecular weight is 411 g/mol. The Morgan fingerprint density at radius 3 is 2.37 bits per heavy atom. The maximum Gasteiger partial charge on any atom is 0.340 e. The van der Waals surface area contributed by atoms with Crippen molar-refractivity contribution < 1.29 is 22.7 Å². The summed E-state index contributed by atoms with van der Waals surface area (Å²) in [5.74, 6) is -1.47. The molecule has 0 spiro atoms. The summed E-state index contributed by atoms with van der Waals surface area (Å²) in [7, 11) is -4.01. The van der Waals surface area contributed by atoms with Crippen molar-refractivity contribution in [3.05, 3.63) is 58.6 Å². The summed E-state index contributed by atoms with van der Waals surface area (Å²) >= 11 is 5.93. The molecule has 0 fully saturated rings. The maximum atomic E-state index is 12.3. The van der Waals surface area contributed by atoms with E-state index in [-0.39, 0.29) is 15.5 Å². The smallest absolute Gasteiger partial charge is 0.340 e. The number of hydrogen-bond acceptors (Lipinski definition) is 5. The number of amides is 1. The van der Waals surface area contributed by atoms with Crippen molar-refractivity contribution in [2.45, 2.75) is 31.3 Å². The molecule has 0 aliphatic carbocycles. The standard InChI is InChI=1S/C18H19ClN2O5S/c1-3-12-4-6-13(7-5-12)21-17(22)11(2)26-18(23)15-10-14(27(20,24)25)8-9-16(15)19/h4-11H,3H2,1-2H3,(H,21,22)(H2,20,24,25). The first-order valence-electron chi connectivity index (χ1n) is 8.05. The lowest BCUT2D eigenvalue weighted by Gasteiger charge is -2.14. The molecular weight excluding hydrogens is 392 g/mol. The molecule has 3 N–H and O–H groups in total. The monoisotopic (exact) mass is 410 g/mol. The summed E-state index contributed by atoms with van der Waals surface area (Å²) in [4.78, 5) is 24.2. The Morgan fingerprint density at radius 2 is 1.81 bits per heavy atom. The van der Waals surface area contributed by atoms with Crippen LogP contribution in [0.1, 0.15) is 29.8 Å². The fourth-order valence-corrected chi connectivity index (χ4v) is 2.92. The van der Waals surface area contributed by atoms with Crippen LogP contribution in [0.3, 0.4) is 0 Å². The number of anilines is 1. The van der Waals surface area contributed by atoms with E-state index in [0.29, 0.717) is 5.69 Å². The molecule has 7 nitrogen and oxygen atoms in total. The number of rotatable bonds is 6. The van der Waals surface area contributed by atoms with Crippen LogP contribution < -0.4 is 10.5 Å². The van der Waals surface area contributed by atoms with Crippen LogP contribution in [0.5, 0.6) is 0 Å². The molecule has 0 aliphatic rings. The van der Waals surface area contributed by atoms with Crippen LogP contribution in [-0.2, 0) is 26.0 Å². The molecule has 0 aliphatic heterocycles. The van der Waals surface area contributed by atoms with Gasteiger partial charge in [0, 0.05) is 5.69 Å². The van der Waals surface area contributed by atoms with Crippen LogP contribution in [0.2, 0.25) is 5.02 Å². The second kappa shape index (κ2) is 8.51. The summed E-state index contributed by atoms with van der Waals surface area (Å²) in [6.45, 7) is 3.41. The molecule has 0 bridgehead atoms. The summed E-state index contributed by atoms with van der Waals surface area (Å²) < 4.78 is 27.9. The molecule has 0 aromatic heterocycles. The lowest BCUT2D eigenvalue weighted by atomic mass is 10.1. The Hall–Kier alpha value is -2.42. The molecule has 1 unspecified atom stereocenters. The minimum absolute atomic E-state index is 0.0184. The molecule has 9 heteroatoms. The van der Waals surface area contributed by atoms with Gasteiger partial charge in [-0.15, -0.1) is 0 Å². The summed E-state index contributed by atoms with van der Waals surface area (Å²) in [5.41, 5.74) is 1.49. The highest BCUT2D eigenvalue weighted by Crippen LogP contribution is 2.21. The van der Waals surface area contributed by atoms with Gasteiger partial charge in [-0.3, -0.25) is 4.79 Å². The highest BCUT2D eigenvalue weighted by molar-refractivity contribution is 7.89. The van der Waals surface area contributed by atoms with Gasteiger partial charge in [0.1, 0.15) is 0 Å². The van der Waals surface area contributed by atoms with Crippen molar-refractivity contribution in [2.75, 3.05) is 5.32 Å². The molecule has 2 aromatic carbocycles. The molecule has 0 radical (unpaired) electrons. The average Bonchev–Trinajstić information content (AvgIpc) is 2.61. The van der Waals surface area contributed by atoms with Gasteiger partial charge in [-0.05, 0) is 49.2 Å². The van der Waals surface area contributed by atoms with E-state index in [0.717, 1.165) is 18.1 Å². The first-order valence-corrected chi connectivity index (χ1v) is 9.97. The summed E-state index contributed by atoms with van der Waals surface area (Å²) in [6, 6.07) is 10.7. The van der Waals surface area contributed by atoms with Crippen molar-refractivity contribution in [2.24, 2.45) is 5.14 Å². The van der Waals surface area contributed by atoms with E-state index >= 15 is 0 Å². The van der Waals surface area contributed by atoms with Crippen LogP contribution in [-0.4, -0.2) is 26.4 Å². The number of ether oxygens (including phenoxy) is 1. The molecule has 0 saturated carbocycles. The number of nitrogens with one attached hydrogen (secondary N) is 1. The number of hydrogen-bond donors (Lipinski definition) is 2. The Labute approximate surface area is 162 Å². The predicted octanol–water partition coefficient (Wildman–Crippen LogP) is 2.73. The number of carbonyl (C=O) groups is 2. The number of halogens is 1. The first kappa shape index (κ1) is 20.9. The third-order valence-corrected chi connectivity index (χ3v) is 5.01. The largest absolute Gasteiger partial charge is 0.449 e. The number of primary sulfonamides is 1. The Morgan fingerprint density at radius 1 is 1.19 bits per heavy atom. The zero-order valence-electron chi connectivity index (χ0n) is 14.7. The number of carbonyl (C=O) groups excluding carboxylic acids is 2. The van der Waals surface area contributed by atoms with E-state index in [1.54, 1.807) is 12.1 Å². The summed E-state index contributed by atoms with van der Waals surface area (Å²) in [6.07, 6.45) is -0.252. The zero-order valence-corrected chi connectivity index (χ0v) is 16.3. The van der Waals surface area contributed by atoms with E-state index in [9.17, 15) is 18.0 Å². The maximum absolute atomic E-state index is 12.3. The lowest BCUT2D eigenvalue weighted by molar-refractivity contribution is -0.123. The van der Waals surface area contributed by atoms with Crippen LogP contribution in [0.15, 0.2) is 47.4 Å². The highest BCUT2D eigenvalue weighted by Gasteiger charge is 2.22. The van der Waals surface area contributed by atoms with Crippen LogP contribution in [0.4, 0.5) is 5.69 Å². The van der Waals surface area contributed by atoms with Crippen molar-refractivity contribution in [1.82, 2.24) is 0 Å². The van der Waals surface area contributed by atoms with Crippen molar-refractivity contribution >= 4 is 39.2 Å². The van der Waals surface area contributed by atoms with Gasteiger partial charge in [-0.2, -0.15) is 0 Å². The highest BCUT2D eigenvalue weighted by atomic mass is 35.5. The first-order chi connectivity index (χ1) is 12.6. The van der Waals surface area contributed by atoms with Gasteiger partial charge in [0.05, 0.1) is 15.5 Å². The van der Waals surface area contributed by atoms with Crippen LogP contribution in [0.25, 0.3) is 0 Å². The normalized spacial score (nSPS) is 12.3. The molecule has 2 rings (SSSR count). The predicted molar refractivity (Wildman–Crippen MR) is 102 cm³/mol. The summed E-state index contributed by atoms with van der Waals surface area (Å²) in [5, 5.41) is 7.66. The number of benzene rings is 2. The number of nitrogens with two attached hydrogens (primary N) is 1. The van der Waals surface area contributed by atoms with Gasteiger partial charge >= 0.3 is 5.97 Å². The third kappa shape index (κ3) is 5.53. The van der Waals surface area contributed by atoms with Crippen LogP contribution >= 0.6 is 11.6 Å². The van der Waals surface area contributed by atoms with Crippen molar-refractivity contribution in [1.29, 1.82) is 0 Å². The van der Waals surface area contributed by atoms with Gasteiger partial charge < -0.3 is 10.1 Å². The van der Waals surface area contributed by atoms with E-state index < -0.39 is 28.0 Å². The second-order valence-corrected chi connectivity index (χ2v) is 7.74. The molecule has 2 aromatic rings. The SMILES string of the molecule is CCc1ccc(NC(=O)C(C)OC(=O)c2cc(S(N)(=O)=O)ccc2Cl)cc1. The topological polar surface area (TPSA) is 116 Å². The van der Waals surface area contributed by atoms with Gasteiger partial charge in [0.15, 0.2) is 6.10 Å². The number of esters is 1. The molecule has 144 valence electrons. The van der Waals surface area contributed by atoms with Crippen molar-refractivity contribution in [3.8, 4) is 0 Å². The molecule has 1 amide bonds. The quantitative estimate of drug-likeness (QED) is 0.710. The Bertz CT molecular complexity index is 958. The molecule has 0 saturated heterocycles. The van der Waals surface area contributed by atoms with E-state index in [1.165, 1.54) is 19.1 Å². The third-order valence-electron chi connectivity index (χ3n) is 3.77. The van der Waals surface area contributed by atoms with Crippen molar-refractivity contribution in [3.63, 3.8) is 0 Å². The number of sulfonamides is 1. The van der Waals surface area contributed by atoms with E-state index in [1.807, 2.05) is 19.1 Å². The van der Waals surface area contributed by atoms with Gasteiger partial charge in [-0.25, -0.2) is 18.4 Å². The van der Waals surface area contributed by atoms with E-state index in [2.05, 4.69) is 5.32 Å². The van der Waals surface area contributed by atoms with Gasteiger partial charge in [0.2, 0.25) is 10.0 Å². The van der Waals surface area contributed by atoms with Gasteiger partial charge in [-0.1, -0.05) is 30.7 Å². The molecule has 0 heterocycles. The van der Waals surface area contributed by atoms with Gasteiger partial charge in [0.25, 0.3) is 5.91 Å². The van der Waals surface area contributed by atoms with E-state index in [4.69, 9.17) is 21.5 Å². The molecule has 27 heavy (non-hydrogen) atoms. The zero-order chi connectivity index (χ0) is 20.2. The Kier molecular flexibility index (Phi) is 6.59. The fraction of sp³-hybridized carbons (Fsp3) is 0.222. The van der Waals surface area contributed by atoms with Crippen LogP contribution in [0, 0.1) is 0 Å². The Balaban J connectivity index is 2.09. The molecular formula is C18H19ClN2O5S. The minimum Gasteiger partial charge on any atom is -0.449 e. The number of aryl methyl sites for hydroxylation is 1. The molecule has 1 atom stereocenters.